The van der Waals surface area contributed by atoms with Gasteiger partial charge in [-0.15, -0.1) is 0 Å². The van der Waals surface area contributed by atoms with Crippen LogP contribution in [0.3, 0.4) is 0 Å². The van der Waals surface area contributed by atoms with Crippen LogP contribution in [0.2, 0.25) is 0 Å². The molecule has 2 aromatic rings. The maximum absolute atomic E-state index is 12.8. The molecule has 0 aliphatic rings. The van der Waals surface area contributed by atoms with E-state index < -0.39 is 0 Å². The quantitative estimate of drug-likeness (QED) is 0.866. The minimum absolute atomic E-state index is 0.0192. The average Bonchev–Trinajstić information content (AvgIpc) is 2.45. The molecule has 0 saturated carbocycles. The van der Waals surface area contributed by atoms with Crippen molar-refractivity contribution in [3.05, 3.63) is 39.7 Å². The van der Waals surface area contributed by atoms with Gasteiger partial charge >= 0.3 is 0 Å². The Kier molecular flexibility index (Phi) is 4.93. The number of aryl methyl sites for hydroxylation is 2. The van der Waals surface area contributed by atoms with Gasteiger partial charge in [-0.25, -0.2) is 0 Å². The molecule has 1 aromatic heterocycles. The van der Waals surface area contributed by atoms with Gasteiger partial charge in [0.25, 0.3) is 5.56 Å². The van der Waals surface area contributed by atoms with Gasteiger partial charge < -0.3 is 9.67 Å². The molecule has 0 aliphatic heterocycles. The summed E-state index contributed by atoms with van der Waals surface area (Å²) in [4.78, 5) is 17.2. The summed E-state index contributed by atoms with van der Waals surface area (Å²) in [5, 5.41) is 11.3. The predicted octanol–water partition coefficient (Wildman–Crippen LogP) is 4.03. The molecular formula is C19H26N2O2. The first kappa shape index (κ1) is 17.3. The fourth-order valence-corrected chi connectivity index (χ4v) is 2.48. The van der Waals surface area contributed by atoms with Gasteiger partial charge in [-0.1, -0.05) is 19.4 Å². The molecule has 0 unspecified atom stereocenters. The lowest BCUT2D eigenvalue weighted by Gasteiger charge is -2.15. The fourth-order valence-electron chi connectivity index (χ4n) is 2.48. The van der Waals surface area contributed by atoms with E-state index in [1.165, 1.54) is 6.21 Å². The summed E-state index contributed by atoms with van der Waals surface area (Å²) >= 11 is 0. The molecule has 0 radical (unpaired) electrons. The molecule has 1 aromatic carbocycles. The van der Waals surface area contributed by atoms with Crippen LogP contribution in [0.1, 0.15) is 51.7 Å². The lowest BCUT2D eigenvalue weighted by molar-refractivity contribution is 0.477. The van der Waals surface area contributed by atoms with E-state index in [9.17, 15) is 9.90 Å². The topological polar surface area (TPSA) is 54.6 Å². The van der Waals surface area contributed by atoms with Crippen LogP contribution in [-0.2, 0) is 6.54 Å². The highest BCUT2D eigenvalue weighted by Crippen LogP contribution is 2.27. The summed E-state index contributed by atoms with van der Waals surface area (Å²) in [6.07, 6.45) is 3.44. The molecule has 4 nitrogen and oxygen atoms in total. The second-order valence-corrected chi connectivity index (χ2v) is 7.02. The Morgan fingerprint density at radius 1 is 1.30 bits per heavy atom. The number of benzene rings is 1. The maximum atomic E-state index is 12.8. The summed E-state index contributed by atoms with van der Waals surface area (Å²) in [6.45, 7) is 10.6. The van der Waals surface area contributed by atoms with Crippen molar-refractivity contribution < 1.29 is 5.11 Å². The predicted molar refractivity (Wildman–Crippen MR) is 96.9 cm³/mol. The molecule has 0 bridgehead atoms. The average molecular weight is 314 g/mol. The molecule has 23 heavy (non-hydrogen) atoms. The van der Waals surface area contributed by atoms with Gasteiger partial charge in [-0.2, -0.15) is 0 Å². The van der Waals surface area contributed by atoms with E-state index >= 15 is 0 Å². The van der Waals surface area contributed by atoms with Crippen molar-refractivity contribution in [3.63, 3.8) is 0 Å². The number of unbranched alkanes of at least 4 members (excludes halogenated alkanes) is 1. The maximum Gasteiger partial charge on any atom is 0.263 e. The van der Waals surface area contributed by atoms with Crippen molar-refractivity contribution in [1.29, 1.82) is 0 Å². The van der Waals surface area contributed by atoms with E-state index in [4.69, 9.17) is 0 Å². The largest absolute Gasteiger partial charge is 0.506 e. The van der Waals surface area contributed by atoms with Crippen molar-refractivity contribution in [2.24, 2.45) is 4.99 Å². The first-order valence-corrected chi connectivity index (χ1v) is 8.16. The minimum atomic E-state index is -0.296. The molecule has 0 saturated heterocycles. The number of nitrogens with zero attached hydrogens (tertiary/aromatic N) is 2. The van der Waals surface area contributed by atoms with E-state index in [0.717, 1.165) is 23.9 Å². The molecule has 0 spiro atoms. The molecule has 1 N–H and O–H groups in total. The third-order valence-electron chi connectivity index (χ3n) is 3.75. The Labute approximate surface area is 137 Å². The smallest absolute Gasteiger partial charge is 0.263 e. The van der Waals surface area contributed by atoms with E-state index in [0.29, 0.717) is 11.9 Å². The van der Waals surface area contributed by atoms with Crippen LogP contribution >= 0.6 is 0 Å². The van der Waals surface area contributed by atoms with Gasteiger partial charge in [0, 0.05) is 18.1 Å². The first-order valence-electron chi connectivity index (χ1n) is 8.16. The van der Waals surface area contributed by atoms with Crippen molar-refractivity contribution in [2.75, 3.05) is 0 Å². The number of pyridine rings is 1. The Hall–Kier alpha value is -2.10. The fraction of sp³-hybridized carbons (Fsp3) is 0.474. The number of hydrogen-bond acceptors (Lipinski definition) is 3. The zero-order valence-electron chi connectivity index (χ0n) is 14.7. The van der Waals surface area contributed by atoms with Crippen LogP contribution in [-0.4, -0.2) is 21.4 Å². The number of fused-ring (bicyclic) bond motifs is 1. The summed E-state index contributed by atoms with van der Waals surface area (Å²) < 4.78 is 1.76. The number of aromatic nitrogens is 1. The van der Waals surface area contributed by atoms with Crippen LogP contribution in [0.15, 0.2) is 28.0 Å². The SMILES string of the molecule is CCCCn1c(=O)c(C=NC(C)(C)C)c(O)c2ccc(C)cc21. The number of rotatable bonds is 4. The van der Waals surface area contributed by atoms with Gasteiger partial charge in [0.1, 0.15) is 11.3 Å². The van der Waals surface area contributed by atoms with Crippen molar-refractivity contribution in [3.8, 4) is 5.75 Å². The molecule has 1 heterocycles. The van der Waals surface area contributed by atoms with Crippen LogP contribution < -0.4 is 5.56 Å². The Morgan fingerprint density at radius 3 is 2.61 bits per heavy atom. The molecule has 0 fully saturated rings. The van der Waals surface area contributed by atoms with Crippen LogP contribution in [0.25, 0.3) is 10.9 Å². The molecule has 4 heteroatoms. The lowest BCUT2D eigenvalue weighted by atomic mass is 10.1. The van der Waals surface area contributed by atoms with E-state index in [2.05, 4.69) is 11.9 Å². The summed E-state index contributed by atoms with van der Waals surface area (Å²) in [7, 11) is 0. The molecular weight excluding hydrogens is 288 g/mol. The highest BCUT2D eigenvalue weighted by atomic mass is 16.3. The normalized spacial score (nSPS) is 12.4. The summed E-state index contributed by atoms with van der Waals surface area (Å²) in [5.74, 6) is 0.0192. The third kappa shape index (κ3) is 3.81. The van der Waals surface area contributed by atoms with Gasteiger partial charge in [0.05, 0.1) is 11.1 Å². The first-order chi connectivity index (χ1) is 10.7. The molecule has 0 atom stereocenters. The number of aliphatic imine (C=N–C) groups is 1. The van der Waals surface area contributed by atoms with Crippen molar-refractivity contribution >= 4 is 17.1 Å². The Morgan fingerprint density at radius 2 is 2.00 bits per heavy atom. The molecule has 2 rings (SSSR count). The van der Waals surface area contributed by atoms with Gasteiger partial charge in [0.2, 0.25) is 0 Å². The Balaban J connectivity index is 2.76. The van der Waals surface area contributed by atoms with Crippen LogP contribution in [0.4, 0.5) is 0 Å². The van der Waals surface area contributed by atoms with Crippen LogP contribution in [0.5, 0.6) is 5.75 Å². The minimum Gasteiger partial charge on any atom is -0.506 e. The molecule has 124 valence electrons. The zero-order chi connectivity index (χ0) is 17.2. The lowest BCUT2D eigenvalue weighted by Crippen LogP contribution is -2.25. The monoisotopic (exact) mass is 314 g/mol. The summed E-state index contributed by atoms with van der Waals surface area (Å²) in [5.41, 5.74) is 1.65. The second-order valence-electron chi connectivity index (χ2n) is 7.02. The third-order valence-corrected chi connectivity index (χ3v) is 3.75. The van der Waals surface area contributed by atoms with E-state index in [-0.39, 0.29) is 22.4 Å². The Bertz CT molecular complexity index is 796. The van der Waals surface area contributed by atoms with Crippen molar-refractivity contribution in [2.45, 2.75) is 59.5 Å². The second kappa shape index (κ2) is 6.57. The molecule has 0 amide bonds. The van der Waals surface area contributed by atoms with Crippen LogP contribution in [0, 0.1) is 6.92 Å². The zero-order valence-corrected chi connectivity index (χ0v) is 14.7. The highest BCUT2D eigenvalue weighted by Gasteiger charge is 2.16. The highest BCUT2D eigenvalue weighted by molar-refractivity contribution is 5.95. The van der Waals surface area contributed by atoms with E-state index in [1.807, 2.05) is 45.9 Å². The van der Waals surface area contributed by atoms with Gasteiger partial charge in [-0.05, 0) is 51.8 Å². The van der Waals surface area contributed by atoms with E-state index in [1.54, 1.807) is 4.57 Å². The van der Waals surface area contributed by atoms with Gasteiger partial charge in [-0.3, -0.25) is 9.79 Å². The summed E-state index contributed by atoms with van der Waals surface area (Å²) in [6, 6.07) is 5.77. The standard InChI is InChI=1S/C19H26N2O2/c1-6-7-10-21-16-11-13(2)8-9-14(16)17(22)15(18(21)23)12-20-19(3,4)5/h8-9,11-12,22H,6-7,10H2,1-5H3. The number of aromatic hydroxyl groups is 1. The van der Waals surface area contributed by atoms with Crippen molar-refractivity contribution in [1.82, 2.24) is 4.57 Å². The number of hydrogen-bond donors (Lipinski definition) is 1. The van der Waals surface area contributed by atoms with Gasteiger partial charge in [0.15, 0.2) is 0 Å². The molecule has 0 aliphatic carbocycles.